The first-order valence-electron chi connectivity index (χ1n) is 5.79. The predicted octanol–water partition coefficient (Wildman–Crippen LogP) is 0.571. The summed E-state index contributed by atoms with van der Waals surface area (Å²) < 4.78 is 34.8. The summed E-state index contributed by atoms with van der Waals surface area (Å²) >= 11 is 0. The van der Waals surface area contributed by atoms with Crippen LogP contribution in [0.1, 0.15) is 27.7 Å². The van der Waals surface area contributed by atoms with Gasteiger partial charge in [0.2, 0.25) is 0 Å². The Kier molecular flexibility index (Phi) is 4.24. The summed E-state index contributed by atoms with van der Waals surface area (Å²) in [6.07, 6.45) is -0.443. The van der Waals surface area contributed by atoms with Gasteiger partial charge in [-0.1, -0.05) is 27.7 Å². The minimum absolute atomic E-state index is 0.0569. The van der Waals surface area contributed by atoms with Crippen molar-refractivity contribution in [2.45, 2.75) is 39.6 Å². The number of aliphatic hydroxyl groups is 1. The van der Waals surface area contributed by atoms with E-state index in [2.05, 4.69) is 0 Å². The van der Waals surface area contributed by atoms with Gasteiger partial charge in [-0.2, -0.15) is 0 Å². The zero-order valence-corrected chi connectivity index (χ0v) is 11.7. The molecule has 1 fully saturated rings. The molecule has 1 aliphatic heterocycles. The van der Waals surface area contributed by atoms with Crippen LogP contribution in [-0.4, -0.2) is 50.1 Å². The van der Waals surface area contributed by atoms with Gasteiger partial charge in [-0.05, 0) is 0 Å². The van der Waals surface area contributed by atoms with Crippen molar-refractivity contribution in [3.05, 3.63) is 0 Å². The van der Waals surface area contributed by atoms with Gasteiger partial charge in [0, 0.05) is 11.2 Å². The van der Waals surface area contributed by atoms with Crippen LogP contribution in [-0.2, 0) is 19.3 Å². The topological polar surface area (TPSA) is 72.8 Å². The highest BCUT2D eigenvalue weighted by Crippen LogP contribution is 2.41. The van der Waals surface area contributed by atoms with Gasteiger partial charge in [0.15, 0.2) is 15.6 Å². The molecule has 5 nitrogen and oxygen atoms in total. The maximum atomic E-state index is 11.8. The Labute approximate surface area is 103 Å². The lowest BCUT2D eigenvalue weighted by atomic mass is 9.86. The minimum atomic E-state index is -3.21. The molecule has 2 atom stereocenters. The molecule has 0 aromatic rings. The van der Waals surface area contributed by atoms with Gasteiger partial charge in [0.25, 0.3) is 0 Å². The van der Waals surface area contributed by atoms with Crippen LogP contribution in [0.3, 0.4) is 0 Å². The first kappa shape index (κ1) is 14.9. The van der Waals surface area contributed by atoms with Gasteiger partial charge in [0.1, 0.15) is 11.9 Å². The Bertz CT molecular complexity index is 357. The lowest BCUT2D eigenvalue weighted by molar-refractivity contribution is -0.216. The van der Waals surface area contributed by atoms with Crippen LogP contribution in [0.4, 0.5) is 0 Å². The third-order valence-corrected chi connectivity index (χ3v) is 4.76. The summed E-state index contributed by atoms with van der Waals surface area (Å²) in [5.41, 5.74) is -0.473. The van der Waals surface area contributed by atoms with Gasteiger partial charge in [-0.15, -0.1) is 0 Å². The molecule has 0 saturated carbocycles. The van der Waals surface area contributed by atoms with Crippen LogP contribution < -0.4 is 0 Å². The second-order valence-corrected chi connectivity index (χ2v) is 7.77. The number of hydrogen-bond acceptors (Lipinski definition) is 5. The molecule has 0 unspecified atom stereocenters. The van der Waals surface area contributed by atoms with Crippen LogP contribution in [0.5, 0.6) is 0 Å². The Morgan fingerprint density at radius 3 is 2.35 bits per heavy atom. The second-order valence-electron chi connectivity index (χ2n) is 5.41. The fraction of sp³-hybridized carbons (Fsp3) is 1.00. The summed E-state index contributed by atoms with van der Waals surface area (Å²) in [4.78, 5) is 0. The van der Waals surface area contributed by atoms with Crippen LogP contribution in [0.2, 0.25) is 0 Å². The molecule has 1 heterocycles. The largest absolute Gasteiger partial charge is 0.394 e. The van der Waals surface area contributed by atoms with E-state index in [1.165, 1.54) is 0 Å². The summed E-state index contributed by atoms with van der Waals surface area (Å²) in [5.74, 6) is -1.27. The molecule has 102 valence electrons. The van der Waals surface area contributed by atoms with Crippen LogP contribution in [0, 0.1) is 5.41 Å². The fourth-order valence-corrected chi connectivity index (χ4v) is 3.10. The summed E-state index contributed by atoms with van der Waals surface area (Å²) in [6.45, 7) is 7.29. The third-order valence-electron chi connectivity index (χ3n) is 3.06. The van der Waals surface area contributed by atoms with Gasteiger partial charge in [0.05, 0.1) is 13.2 Å². The van der Waals surface area contributed by atoms with E-state index < -0.39 is 27.1 Å². The van der Waals surface area contributed by atoms with E-state index in [4.69, 9.17) is 14.6 Å². The zero-order chi connectivity index (χ0) is 13.3. The highest BCUT2D eigenvalue weighted by atomic mass is 32.2. The molecule has 6 heteroatoms. The Balaban J connectivity index is 2.98. The smallest absolute Gasteiger partial charge is 0.187 e. The molecule has 0 spiro atoms. The number of ether oxygens (including phenoxy) is 2. The molecular formula is C11H22O5S. The molecule has 17 heavy (non-hydrogen) atoms. The van der Waals surface area contributed by atoms with E-state index >= 15 is 0 Å². The number of aliphatic hydroxyl groups excluding tert-OH is 1. The molecule has 1 saturated heterocycles. The van der Waals surface area contributed by atoms with Crippen molar-refractivity contribution in [2.24, 2.45) is 5.41 Å². The van der Waals surface area contributed by atoms with Gasteiger partial charge in [-0.25, -0.2) is 8.42 Å². The van der Waals surface area contributed by atoms with Gasteiger partial charge >= 0.3 is 0 Å². The molecule has 1 N–H and O–H groups in total. The van der Waals surface area contributed by atoms with E-state index in [1.54, 1.807) is 6.92 Å². The average Bonchev–Trinajstić information content (AvgIpc) is 2.61. The number of sulfone groups is 1. The first-order valence-corrected chi connectivity index (χ1v) is 7.61. The molecule has 0 aromatic carbocycles. The monoisotopic (exact) mass is 266 g/mol. The SMILES string of the molecule is CCS(=O)(=O)C[C@]1(C(C)(C)C)OC[C@@H](CO)O1. The van der Waals surface area contributed by atoms with Crippen LogP contribution >= 0.6 is 0 Å². The maximum absolute atomic E-state index is 11.8. The van der Waals surface area contributed by atoms with Crippen LogP contribution in [0.15, 0.2) is 0 Å². The molecule has 1 aliphatic rings. The van der Waals surface area contributed by atoms with Crippen LogP contribution in [0.25, 0.3) is 0 Å². The molecule has 0 radical (unpaired) electrons. The van der Waals surface area contributed by atoms with Gasteiger partial charge < -0.3 is 14.6 Å². The van der Waals surface area contributed by atoms with Crippen molar-refractivity contribution < 1.29 is 23.0 Å². The quantitative estimate of drug-likeness (QED) is 0.805. The highest BCUT2D eigenvalue weighted by Gasteiger charge is 2.52. The molecule has 0 bridgehead atoms. The number of rotatable bonds is 4. The normalized spacial score (nSPS) is 30.8. The molecule has 0 aliphatic carbocycles. The average molecular weight is 266 g/mol. The predicted molar refractivity (Wildman–Crippen MR) is 64.4 cm³/mol. The van der Waals surface area contributed by atoms with Crippen molar-refractivity contribution in [3.8, 4) is 0 Å². The Hall–Kier alpha value is -0.170. The van der Waals surface area contributed by atoms with Gasteiger partial charge in [-0.3, -0.25) is 0 Å². The fourth-order valence-electron chi connectivity index (χ4n) is 1.73. The highest BCUT2D eigenvalue weighted by molar-refractivity contribution is 7.91. The summed E-state index contributed by atoms with van der Waals surface area (Å²) in [7, 11) is -3.21. The first-order chi connectivity index (χ1) is 7.66. The molecular weight excluding hydrogens is 244 g/mol. The van der Waals surface area contributed by atoms with E-state index in [0.717, 1.165) is 0 Å². The number of hydrogen-bond donors (Lipinski definition) is 1. The zero-order valence-electron chi connectivity index (χ0n) is 10.9. The van der Waals surface area contributed by atoms with E-state index in [1.807, 2.05) is 20.8 Å². The summed E-state index contributed by atoms with van der Waals surface area (Å²) in [5, 5.41) is 9.07. The van der Waals surface area contributed by atoms with Crippen molar-refractivity contribution in [1.82, 2.24) is 0 Å². The minimum Gasteiger partial charge on any atom is -0.394 e. The van der Waals surface area contributed by atoms with E-state index in [-0.39, 0.29) is 24.7 Å². The summed E-state index contributed by atoms with van der Waals surface area (Å²) in [6, 6.07) is 0. The van der Waals surface area contributed by atoms with Crippen molar-refractivity contribution in [3.63, 3.8) is 0 Å². The van der Waals surface area contributed by atoms with Crippen molar-refractivity contribution in [1.29, 1.82) is 0 Å². The lowest BCUT2D eigenvalue weighted by Gasteiger charge is -2.39. The van der Waals surface area contributed by atoms with Crippen molar-refractivity contribution in [2.75, 3.05) is 24.7 Å². The van der Waals surface area contributed by atoms with E-state index in [0.29, 0.717) is 0 Å². The molecule has 0 amide bonds. The Morgan fingerprint density at radius 2 is 2.00 bits per heavy atom. The second kappa shape index (κ2) is 4.84. The third kappa shape index (κ3) is 3.19. The lowest BCUT2D eigenvalue weighted by Crippen LogP contribution is -2.50. The molecule has 0 aromatic heterocycles. The molecule has 1 rings (SSSR count). The maximum Gasteiger partial charge on any atom is 0.187 e. The Morgan fingerprint density at radius 1 is 1.41 bits per heavy atom. The standard InChI is InChI=1S/C11H22O5S/c1-5-17(13,14)8-11(10(2,3)4)15-7-9(6-12)16-11/h9,12H,5-8H2,1-4H3/t9-,11+/m1/s1. The van der Waals surface area contributed by atoms with E-state index in [9.17, 15) is 8.42 Å². The van der Waals surface area contributed by atoms with Crippen molar-refractivity contribution >= 4 is 9.84 Å².